The topological polar surface area (TPSA) is 119 Å². The van der Waals surface area contributed by atoms with Crippen LogP contribution in [0.3, 0.4) is 0 Å². The van der Waals surface area contributed by atoms with E-state index in [1.807, 2.05) is 12.1 Å². The minimum Gasteiger partial charge on any atom is -0.502 e. The van der Waals surface area contributed by atoms with Gasteiger partial charge in [0.2, 0.25) is 5.75 Å². The highest BCUT2D eigenvalue weighted by Gasteiger charge is 2.25. The molecule has 0 fully saturated rings. The highest BCUT2D eigenvalue weighted by Crippen LogP contribution is 2.40. The Morgan fingerprint density at radius 1 is 0.957 bits per heavy atom. The van der Waals surface area contributed by atoms with Gasteiger partial charge in [-0.3, -0.25) is 20.2 Å². The number of benzene rings is 2. The van der Waals surface area contributed by atoms with Gasteiger partial charge < -0.3 is 5.11 Å². The second kappa shape index (κ2) is 5.34. The van der Waals surface area contributed by atoms with Crippen molar-refractivity contribution in [2.45, 2.75) is 0 Å². The highest BCUT2D eigenvalue weighted by atomic mass is 16.6. The molecular weight excluding hydrogens is 302 g/mol. The Balaban J connectivity index is 2.28. The third-order valence-electron chi connectivity index (χ3n) is 3.36. The van der Waals surface area contributed by atoms with E-state index in [0.717, 1.165) is 17.5 Å². The van der Waals surface area contributed by atoms with Crippen LogP contribution in [-0.2, 0) is 0 Å². The van der Waals surface area contributed by atoms with Gasteiger partial charge in [-0.05, 0) is 12.1 Å². The summed E-state index contributed by atoms with van der Waals surface area (Å²) in [5.41, 5.74) is -0.452. The van der Waals surface area contributed by atoms with Crippen molar-refractivity contribution < 1.29 is 15.0 Å². The van der Waals surface area contributed by atoms with Gasteiger partial charge in [0.15, 0.2) is 0 Å². The van der Waals surface area contributed by atoms with Crippen LogP contribution in [0.25, 0.3) is 22.2 Å². The smallest absolute Gasteiger partial charge is 0.318 e. The van der Waals surface area contributed by atoms with Crippen molar-refractivity contribution in [1.29, 1.82) is 0 Å². The van der Waals surface area contributed by atoms with E-state index < -0.39 is 27.0 Å². The standard InChI is InChI=1S/C15H9N3O5/c19-15-11(7-10(17(20)21)8-14(15)18(22)23)13-6-5-9-3-1-2-4-12(9)16-13/h1-8,19H. The van der Waals surface area contributed by atoms with Gasteiger partial charge in [-0.2, -0.15) is 0 Å². The summed E-state index contributed by atoms with van der Waals surface area (Å²) in [5, 5.41) is 32.9. The molecule has 0 aliphatic heterocycles. The summed E-state index contributed by atoms with van der Waals surface area (Å²) in [7, 11) is 0. The molecule has 0 aliphatic rings. The van der Waals surface area contributed by atoms with Crippen LogP contribution in [0.2, 0.25) is 0 Å². The fraction of sp³-hybridized carbons (Fsp3) is 0. The molecule has 0 spiro atoms. The molecule has 1 N–H and O–H groups in total. The zero-order chi connectivity index (χ0) is 16.6. The molecule has 1 heterocycles. The normalized spacial score (nSPS) is 10.6. The summed E-state index contributed by atoms with van der Waals surface area (Å²) in [6, 6.07) is 12.2. The molecule has 23 heavy (non-hydrogen) atoms. The monoisotopic (exact) mass is 311 g/mol. The predicted molar refractivity (Wildman–Crippen MR) is 82.2 cm³/mol. The summed E-state index contributed by atoms with van der Waals surface area (Å²) in [5.74, 6) is -0.650. The van der Waals surface area contributed by atoms with E-state index >= 15 is 0 Å². The first-order chi connectivity index (χ1) is 11.0. The molecule has 3 aromatic rings. The SMILES string of the molecule is O=[N+]([O-])c1cc(-c2ccc3ccccc3n2)c(O)c([N+](=O)[O-])c1. The number of rotatable bonds is 3. The van der Waals surface area contributed by atoms with Crippen LogP contribution < -0.4 is 0 Å². The molecule has 0 unspecified atom stereocenters. The number of phenols is 1. The van der Waals surface area contributed by atoms with Gasteiger partial charge in [-0.15, -0.1) is 0 Å². The van der Waals surface area contributed by atoms with E-state index in [2.05, 4.69) is 4.98 Å². The molecule has 0 aliphatic carbocycles. The Bertz CT molecular complexity index is 955. The summed E-state index contributed by atoms with van der Waals surface area (Å²) in [6.07, 6.45) is 0. The lowest BCUT2D eigenvalue weighted by molar-refractivity contribution is -0.394. The Hall–Kier alpha value is -3.55. The fourth-order valence-corrected chi connectivity index (χ4v) is 2.26. The van der Waals surface area contributed by atoms with Gasteiger partial charge in [-0.1, -0.05) is 24.3 Å². The number of fused-ring (bicyclic) bond motifs is 1. The van der Waals surface area contributed by atoms with Crippen molar-refractivity contribution in [2.24, 2.45) is 0 Å². The van der Waals surface area contributed by atoms with Crippen molar-refractivity contribution in [2.75, 3.05) is 0 Å². The minimum atomic E-state index is -0.868. The van der Waals surface area contributed by atoms with Crippen molar-refractivity contribution >= 4 is 22.3 Å². The highest BCUT2D eigenvalue weighted by molar-refractivity contribution is 5.84. The molecule has 114 valence electrons. The lowest BCUT2D eigenvalue weighted by Gasteiger charge is -2.06. The quantitative estimate of drug-likeness (QED) is 0.584. The zero-order valence-corrected chi connectivity index (χ0v) is 11.5. The average Bonchev–Trinajstić information content (AvgIpc) is 2.54. The molecule has 0 saturated carbocycles. The predicted octanol–water partition coefficient (Wildman–Crippen LogP) is 3.42. The fourth-order valence-electron chi connectivity index (χ4n) is 2.26. The molecule has 0 radical (unpaired) electrons. The molecule has 0 amide bonds. The first kappa shape index (κ1) is 14.4. The second-order valence-electron chi connectivity index (χ2n) is 4.76. The Kier molecular flexibility index (Phi) is 3.34. The molecule has 0 bridgehead atoms. The van der Waals surface area contributed by atoms with Crippen molar-refractivity contribution in [1.82, 2.24) is 4.98 Å². The summed E-state index contributed by atoms with van der Waals surface area (Å²) in [6.45, 7) is 0. The molecule has 3 rings (SSSR count). The maximum atomic E-state index is 11.0. The minimum absolute atomic E-state index is 0.0587. The van der Waals surface area contributed by atoms with Crippen LogP contribution in [0.5, 0.6) is 5.75 Å². The number of hydrogen-bond donors (Lipinski definition) is 1. The van der Waals surface area contributed by atoms with E-state index in [0.29, 0.717) is 5.52 Å². The van der Waals surface area contributed by atoms with E-state index in [9.17, 15) is 25.3 Å². The molecule has 1 aromatic heterocycles. The molecule has 8 nitrogen and oxygen atoms in total. The molecule has 0 atom stereocenters. The number of para-hydroxylation sites is 1. The number of nitro benzene ring substituents is 2. The van der Waals surface area contributed by atoms with Crippen LogP contribution in [0.4, 0.5) is 11.4 Å². The van der Waals surface area contributed by atoms with Gasteiger partial charge in [0.05, 0.1) is 32.7 Å². The van der Waals surface area contributed by atoms with E-state index in [1.54, 1.807) is 24.3 Å². The Labute approximate surface area is 128 Å². The van der Waals surface area contributed by atoms with Gasteiger partial charge in [0.25, 0.3) is 5.69 Å². The van der Waals surface area contributed by atoms with Crippen LogP contribution in [0, 0.1) is 20.2 Å². The molecule has 8 heteroatoms. The maximum absolute atomic E-state index is 11.0. The summed E-state index contributed by atoms with van der Waals surface area (Å²) >= 11 is 0. The lowest BCUT2D eigenvalue weighted by atomic mass is 10.1. The summed E-state index contributed by atoms with van der Waals surface area (Å²) in [4.78, 5) is 24.6. The van der Waals surface area contributed by atoms with Crippen LogP contribution in [0.15, 0.2) is 48.5 Å². The van der Waals surface area contributed by atoms with E-state index in [-0.39, 0.29) is 11.3 Å². The number of phenolic OH excluding ortho intramolecular Hbond substituents is 1. The Morgan fingerprint density at radius 3 is 2.39 bits per heavy atom. The van der Waals surface area contributed by atoms with Gasteiger partial charge >= 0.3 is 5.69 Å². The van der Waals surface area contributed by atoms with Crippen LogP contribution in [-0.4, -0.2) is 19.9 Å². The van der Waals surface area contributed by atoms with Crippen molar-refractivity contribution in [3.05, 3.63) is 68.8 Å². The van der Waals surface area contributed by atoms with Crippen LogP contribution >= 0.6 is 0 Å². The van der Waals surface area contributed by atoms with Gasteiger partial charge in [-0.25, -0.2) is 4.98 Å². The van der Waals surface area contributed by atoms with E-state index in [4.69, 9.17) is 0 Å². The third-order valence-corrected chi connectivity index (χ3v) is 3.36. The third kappa shape index (κ3) is 2.53. The lowest BCUT2D eigenvalue weighted by Crippen LogP contribution is -1.96. The molecule has 2 aromatic carbocycles. The van der Waals surface area contributed by atoms with Gasteiger partial charge in [0, 0.05) is 11.5 Å². The maximum Gasteiger partial charge on any atom is 0.318 e. The number of non-ortho nitro benzene ring substituents is 1. The van der Waals surface area contributed by atoms with Crippen molar-refractivity contribution in [3.63, 3.8) is 0 Å². The molecule has 0 saturated heterocycles. The second-order valence-corrected chi connectivity index (χ2v) is 4.76. The zero-order valence-electron chi connectivity index (χ0n) is 11.5. The first-order valence-corrected chi connectivity index (χ1v) is 6.49. The largest absolute Gasteiger partial charge is 0.502 e. The number of pyridine rings is 1. The number of nitro groups is 2. The van der Waals surface area contributed by atoms with Crippen LogP contribution in [0.1, 0.15) is 0 Å². The Morgan fingerprint density at radius 2 is 1.70 bits per heavy atom. The van der Waals surface area contributed by atoms with Crippen molar-refractivity contribution in [3.8, 4) is 17.0 Å². The number of aromatic hydroxyl groups is 1. The first-order valence-electron chi connectivity index (χ1n) is 6.49. The molecular formula is C15H9N3O5. The summed E-state index contributed by atoms with van der Waals surface area (Å²) < 4.78 is 0. The van der Waals surface area contributed by atoms with Gasteiger partial charge in [0.1, 0.15) is 0 Å². The average molecular weight is 311 g/mol. The number of nitrogens with zero attached hydrogens (tertiary/aromatic N) is 3. The number of aromatic nitrogens is 1. The number of hydrogen-bond acceptors (Lipinski definition) is 6. The van der Waals surface area contributed by atoms with E-state index in [1.165, 1.54) is 0 Å².